The van der Waals surface area contributed by atoms with Crippen LogP contribution in [0.25, 0.3) is 11.5 Å². The predicted molar refractivity (Wildman–Crippen MR) is 83.7 cm³/mol. The molecule has 1 aromatic carbocycles. The first-order valence-corrected chi connectivity index (χ1v) is 7.79. The summed E-state index contributed by atoms with van der Waals surface area (Å²) in [6, 6.07) is 6.03. The molecule has 0 aliphatic heterocycles. The second kappa shape index (κ2) is 7.55. The van der Waals surface area contributed by atoms with Gasteiger partial charge in [0.15, 0.2) is 0 Å². The molecule has 1 aromatic heterocycles. The molecule has 0 fully saturated rings. The number of nitrogens with zero attached hydrogens (tertiary/aromatic N) is 2. The molecule has 0 saturated heterocycles. The van der Waals surface area contributed by atoms with Crippen LogP contribution in [0.4, 0.5) is 0 Å². The molecule has 0 radical (unpaired) electrons. The standard InChI is InChI=1S/C15H20BrN3O/c1-3-8-17-9-4-5-14-18-19-15(20-14)12-6-7-13(16)11(2)10-12/h6-7,10,17H,3-5,8-9H2,1-2H3. The normalized spacial score (nSPS) is 10.9. The molecule has 5 heteroatoms. The van der Waals surface area contributed by atoms with E-state index in [1.807, 2.05) is 25.1 Å². The van der Waals surface area contributed by atoms with E-state index < -0.39 is 0 Å². The predicted octanol–water partition coefficient (Wildman–Crippen LogP) is 3.74. The molecule has 0 atom stereocenters. The van der Waals surface area contributed by atoms with Gasteiger partial charge in [0, 0.05) is 16.5 Å². The molecule has 1 heterocycles. The molecular formula is C15H20BrN3O. The maximum atomic E-state index is 5.71. The van der Waals surface area contributed by atoms with Crippen molar-refractivity contribution in [1.29, 1.82) is 0 Å². The largest absolute Gasteiger partial charge is 0.421 e. The third-order valence-corrected chi connectivity index (χ3v) is 3.93. The SMILES string of the molecule is CCCNCCCc1nnc(-c2ccc(Br)c(C)c2)o1. The Hall–Kier alpha value is -1.20. The average Bonchev–Trinajstić information content (AvgIpc) is 2.90. The van der Waals surface area contributed by atoms with E-state index in [4.69, 9.17) is 4.42 Å². The number of hydrogen-bond acceptors (Lipinski definition) is 4. The van der Waals surface area contributed by atoms with E-state index in [1.165, 1.54) is 0 Å². The molecule has 0 aliphatic carbocycles. The minimum absolute atomic E-state index is 0.595. The first-order chi connectivity index (χ1) is 9.70. The summed E-state index contributed by atoms with van der Waals surface area (Å²) < 4.78 is 6.79. The molecule has 0 unspecified atom stereocenters. The second-order valence-electron chi connectivity index (χ2n) is 4.82. The van der Waals surface area contributed by atoms with E-state index in [1.54, 1.807) is 0 Å². The fourth-order valence-corrected chi connectivity index (χ4v) is 2.16. The average molecular weight is 338 g/mol. The summed E-state index contributed by atoms with van der Waals surface area (Å²) >= 11 is 3.49. The molecule has 20 heavy (non-hydrogen) atoms. The number of rotatable bonds is 7. The van der Waals surface area contributed by atoms with Crippen molar-refractivity contribution >= 4 is 15.9 Å². The van der Waals surface area contributed by atoms with E-state index in [2.05, 4.69) is 38.4 Å². The molecule has 4 nitrogen and oxygen atoms in total. The summed E-state index contributed by atoms with van der Waals surface area (Å²) in [7, 11) is 0. The Balaban J connectivity index is 1.93. The van der Waals surface area contributed by atoms with Crippen LogP contribution < -0.4 is 5.32 Å². The van der Waals surface area contributed by atoms with Gasteiger partial charge in [0.1, 0.15) is 0 Å². The summed E-state index contributed by atoms with van der Waals surface area (Å²) in [6.07, 6.45) is 2.99. The quantitative estimate of drug-likeness (QED) is 0.782. The van der Waals surface area contributed by atoms with Crippen molar-refractivity contribution in [3.05, 3.63) is 34.1 Å². The zero-order valence-corrected chi connectivity index (χ0v) is 13.5. The van der Waals surface area contributed by atoms with Crippen LogP contribution in [0.5, 0.6) is 0 Å². The summed E-state index contributed by atoms with van der Waals surface area (Å²) in [5.41, 5.74) is 2.12. The first-order valence-electron chi connectivity index (χ1n) is 7.00. The fourth-order valence-electron chi connectivity index (χ4n) is 1.92. The van der Waals surface area contributed by atoms with Crippen LogP contribution in [0.15, 0.2) is 27.1 Å². The fraction of sp³-hybridized carbons (Fsp3) is 0.467. The molecule has 2 aromatic rings. The molecule has 108 valence electrons. The highest BCUT2D eigenvalue weighted by atomic mass is 79.9. The highest BCUT2D eigenvalue weighted by Crippen LogP contribution is 2.24. The maximum absolute atomic E-state index is 5.71. The van der Waals surface area contributed by atoms with E-state index >= 15 is 0 Å². The van der Waals surface area contributed by atoms with Crippen LogP contribution >= 0.6 is 15.9 Å². The third-order valence-electron chi connectivity index (χ3n) is 3.04. The Labute approximate surface area is 128 Å². The van der Waals surface area contributed by atoms with E-state index in [0.29, 0.717) is 11.8 Å². The zero-order chi connectivity index (χ0) is 14.4. The van der Waals surface area contributed by atoms with Gasteiger partial charge in [-0.15, -0.1) is 10.2 Å². The Kier molecular flexibility index (Phi) is 5.73. The number of halogens is 1. The number of aromatic nitrogens is 2. The lowest BCUT2D eigenvalue weighted by Gasteiger charge is -2.00. The monoisotopic (exact) mass is 337 g/mol. The Morgan fingerprint density at radius 3 is 2.85 bits per heavy atom. The molecule has 0 aliphatic rings. The van der Waals surface area contributed by atoms with Crippen LogP contribution in [0, 0.1) is 6.92 Å². The molecule has 2 rings (SSSR count). The topological polar surface area (TPSA) is 51.0 Å². The number of aryl methyl sites for hydroxylation is 2. The summed E-state index contributed by atoms with van der Waals surface area (Å²) in [5, 5.41) is 11.6. The molecule has 0 bridgehead atoms. The minimum Gasteiger partial charge on any atom is -0.421 e. The van der Waals surface area contributed by atoms with Crippen LogP contribution in [0.1, 0.15) is 31.2 Å². The lowest BCUT2D eigenvalue weighted by atomic mass is 10.1. The van der Waals surface area contributed by atoms with Crippen molar-refractivity contribution in [1.82, 2.24) is 15.5 Å². The molecule has 0 amide bonds. The van der Waals surface area contributed by atoms with Crippen LogP contribution in [-0.2, 0) is 6.42 Å². The Bertz CT molecular complexity index is 554. The number of nitrogens with one attached hydrogen (secondary N) is 1. The van der Waals surface area contributed by atoms with Crippen LogP contribution in [0.3, 0.4) is 0 Å². The maximum Gasteiger partial charge on any atom is 0.247 e. The van der Waals surface area contributed by atoms with Crippen molar-refractivity contribution in [3.63, 3.8) is 0 Å². The summed E-state index contributed by atoms with van der Waals surface area (Å²) in [6.45, 7) is 6.26. The van der Waals surface area contributed by atoms with Crippen molar-refractivity contribution < 1.29 is 4.42 Å². The second-order valence-corrected chi connectivity index (χ2v) is 5.67. The Morgan fingerprint density at radius 1 is 1.25 bits per heavy atom. The molecule has 1 N–H and O–H groups in total. The highest BCUT2D eigenvalue weighted by Gasteiger charge is 2.09. The van der Waals surface area contributed by atoms with Crippen LogP contribution in [0.2, 0.25) is 0 Å². The van der Waals surface area contributed by atoms with E-state index in [0.717, 1.165) is 48.0 Å². The third kappa shape index (κ3) is 4.15. The van der Waals surface area contributed by atoms with E-state index in [9.17, 15) is 0 Å². The van der Waals surface area contributed by atoms with Gasteiger partial charge >= 0.3 is 0 Å². The van der Waals surface area contributed by atoms with Gasteiger partial charge < -0.3 is 9.73 Å². The summed E-state index contributed by atoms with van der Waals surface area (Å²) in [5.74, 6) is 1.30. The number of hydrogen-bond donors (Lipinski definition) is 1. The smallest absolute Gasteiger partial charge is 0.247 e. The molecule has 0 spiro atoms. The summed E-state index contributed by atoms with van der Waals surface area (Å²) in [4.78, 5) is 0. The van der Waals surface area contributed by atoms with Gasteiger partial charge in [-0.05, 0) is 56.6 Å². The zero-order valence-electron chi connectivity index (χ0n) is 11.9. The van der Waals surface area contributed by atoms with Crippen molar-refractivity contribution in [2.45, 2.75) is 33.1 Å². The first kappa shape index (κ1) is 15.2. The number of benzene rings is 1. The van der Waals surface area contributed by atoms with Gasteiger partial charge in [-0.25, -0.2) is 0 Å². The van der Waals surface area contributed by atoms with Crippen LogP contribution in [-0.4, -0.2) is 23.3 Å². The van der Waals surface area contributed by atoms with Gasteiger partial charge in [0.25, 0.3) is 0 Å². The van der Waals surface area contributed by atoms with E-state index in [-0.39, 0.29) is 0 Å². The Morgan fingerprint density at radius 2 is 2.10 bits per heavy atom. The van der Waals surface area contributed by atoms with Crippen molar-refractivity contribution in [3.8, 4) is 11.5 Å². The minimum atomic E-state index is 0.595. The van der Waals surface area contributed by atoms with Gasteiger partial charge in [-0.1, -0.05) is 22.9 Å². The highest BCUT2D eigenvalue weighted by molar-refractivity contribution is 9.10. The molecular weight excluding hydrogens is 318 g/mol. The van der Waals surface area contributed by atoms with Gasteiger partial charge in [0.05, 0.1) is 0 Å². The lowest BCUT2D eigenvalue weighted by Crippen LogP contribution is -2.16. The van der Waals surface area contributed by atoms with Gasteiger partial charge in [-0.2, -0.15) is 0 Å². The van der Waals surface area contributed by atoms with Crippen molar-refractivity contribution in [2.24, 2.45) is 0 Å². The van der Waals surface area contributed by atoms with Gasteiger partial charge in [-0.3, -0.25) is 0 Å². The lowest BCUT2D eigenvalue weighted by molar-refractivity contribution is 0.491. The van der Waals surface area contributed by atoms with Crippen molar-refractivity contribution in [2.75, 3.05) is 13.1 Å². The van der Waals surface area contributed by atoms with Gasteiger partial charge in [0.2, 0.25) is 11.8 Å². The molecule has 0 saturated carbocycles.